The Bertz CT molecular complexity index is 372. The van der Waals surface area contributed by atoms with E-state index in [1.54, 1.807) is 0 Å². The van der Waals surface area contributed by atoms with E-state index in [-0.39, 0.29) is 0 Å². The number of hydrogen-bond donors (Lipinski definition) is 1. The molecule has 1 unspecified atom stereocenters. The molecule has 144 valence electrons. The van der Waals surface area contributed by atoms with Crippen LogP contribution in [-0.4, -0.2) is 11.7 Å². The third-order valence-corrected chi connectivity index (χ3v) is 7.24. The van der Waals surface area contributed by atoms with Crippen LogP contribution < -0.4 is 0 Å². The Kier molecular flexibility index (Phi) is 9.92. The monoisotopic (exact) mass is 347 g/mol. The molecule has 0 aromatic heterocycles. The van der Waals surface area contributed by atoms with E-state index in [2.05, 4.69) is 13.0 Å². The van der Waals surface area contributed by atoms with Gasteiger partial charge in [-0.25, -0.2) is 0 Å². The van der Waals surface area contributed by atoms with E-state index >= 15 is 0 Å². The zero-order chi connectivity index (χ0) is 17.9. The van der Waals surface area contributed by atoms with Crippen LogP contribution >= 0.6 is 0 Å². The molecule has 0 heterocycles. The first-order valence-electron chi connectivity index (χ1n) is 11.3. The Morgan fingerprint density at radius 2 is 1.48 bits per heavy atom. The van der Waals surface area contributed by atoms with E-state index in [1.807, 2.05) is 0 Å². The summed E-state index contributed by atoms with van der Waals surface area (Å²) in [6.07, 6.45) is 19.8. The van der Waals surface area contributed by atoms with E-state index in [1.165, 1.54) is 77.0 Å². The van der Waals surface area contributed by atoms with Crippen molar-refractivity contribution >= 4 is 0 Å². The highest BCUT2D eigenvalue weighted by Crippen LogP contribution is 2.44. The van der Waals surface area contributed by atoms with Crippen LogP contribution in [0.4, 0.5) is 0 Å². The Balaban J connectivity index is 1.71. The van der Waals surface area contributed by atoms with Gasteiger partial charge in [0.15, 0.2) is 0 Å². The third kappa shape index (κ3) is 6.93. The molecule has 0 saturated heterocycles. The SMILES string of the molecule is CCCCCCCC1CCC(C(CCO)C2CCC(C#N)CC2)CC1. The van der Waals surface area contributed by atoms with Gasteiger partial charge >= 0.3 is 0 Å². The van der Waals surface area contributed by atoms with E-state index < -0.39 is 0 Å². The molecule has 0 spiro atoms. The first-order valence-corrected chi connectivity index (χ1v) is 11.3. The minimum Gasteiger partial charge on any atom is -0.396 e. The van der Waals surface area contributed by atoms with Crippen molar-refractivity contribution in [1.82, 2.24) is 0 Å². The van der Waals surface area contributed by atoms with Crippen LogP contribution in [-0.2, 0) is 0 Å². The minimum absolute atomic E-state index is 0.300. The highest BCUT2D eigenvalue weighted by molar-refractivity contribution is 4.90. The first-order chi connectivity index (χ1) is 12.3. The quantitative estimate of drug-likeness (QED) is 0.459. The standard InChI is InChI=1S/C23H41NO/c1-2-3-4-5-6-7-19-8-12-21(13-9-19)23(16-17-25)22-14-10-20(18-24)11-15-22/h19-23,25H,2-17H2,1H3. The topological polar surface area (TPSA) is 44.0 Å². The van der Waals surface area contributed by atoms with Gasteiger partial charge in [0.2, 0.25) is 0 Å². The average Bonchev–Trinajstić information content (AvgIpc) is 2.67. The second kappa shape index (κ2) is 11.9. The fraction of sp³-hybridized carbons (Fsp3) is 0.957. The molecule has 2 aliphatic rings. The summed E-state index contributed by atoms with van der Waals surface area (Å²) in [6, 6.07) is 2.46. The molecule has 2 aliphatic carbocycles. The molecule has 25 heavy (non-hydrogen) atoms. The third-order valence-electron chi connectivity index (χ3n) is 7.24. The van der Waals surface area contributed by atoms with Crippen molar-refractivity contribution in [1.29, 1.82) is 5.26 Å². The maximum atomic E-state index is 9.58. The lowest BCUT2D eigenvalue weighted by atomic mass is 9.65. The summed E-state index contributed by atoms with van der Waals surface area (Å²) in [6.45, 7) is 2.64. The second-order valence-corrected chi connectivity index (χ2v) is 8.90. The molecule has 2 heteroatoms. The van der Waals surface area contributed by atoms with E-state index in [9.17, 15) is 5.11 Å². The number of nitriles is 1. The molecule has 2 rings (SSSR count). The summed E-state index contributed by atoms with van der Waals surface area (Å²) in [4.78, 5) is 0. The Morgan fingerprint density at radius 3 is 2.04 bits per heavy atom. The average molecular weight is 348 g/mol. The van der Waals surface area contributed by atoms with Gasteiger partial charge in [0.05, 0.1) is 6.07 Å². The van der Waals surface area contributed by atoms with Crippen molar-refractivity contribution in [3.05, 3.63) is 0 Å². The van der Waals surface area contributed by atoms with Gasteiger partial charge in [0, 0.05) is 12.5 Å². The number of nitrogens with zero attached hydrogens (tertiary/aromatic N) is 1. The first kappa shape index (κ1) is 20.8. The summed E-state index contributed by atoms with van der Waals surface area (Å²) in [5, 5.41) is 18.7. The normalized spacial score (nSPS) is 31.4. The molecule has 0 radical (unpaired) electrons. The summed E-state index contributed by atoms with van der Waals surface area (Å²) < 4.78 is 0. The molecule has 0 aromatic carbocycles. The van der Waals surface area contributed by atoms with Gasteiger partial charge in [0.25, 0.3) is 0 Å². The van der Waals surface area contributed by atoms with Crippen LogP contribution in [0.15, 0.2) is 0 Å². The van der Waals surface area contributed by atoms with Crippen molar-refractivity contribution in [3.8, 4) is 6.07 Å². The molecule has 1 N–H and O–H groups in total. The summed E-state index contributed by atoms with van der Waals surface area (Å²) in [5.74, 6) is 3.60. The Labute approximate surface area is 156 Å². The number of rotatable bonds is 10. The zero-order valence-corrected chi connectivity index (χ0v) is 16.6. The predicted octanol–water partition coefficient (Wildman–Crippen LogP) is 6.48. The zero-order valence-electron chi connectivity index (χ0n) is 16.6. The Morgan fingerprint density at radius 1 is 0.880 bits per heavy atom. The minimum atomic E-state index is 0.300. The number of aliphatic hydroxyl groups is 1. The van der Waals surface area contributed by atoms with Crippen LogP contribution in [0, 0.1) is 40.9 Å². The molecule has 2 fully saturated rings. The molecular formula is C23H41NO. The maximum absolute atomic E-state index is 9.58. The highest BCUT2D eigenvalue weighted by Gasteiger charge is 2.34. The van der Waals surface area contributed by atoms with Crippen molar-refractivity contribution in [2.75, 3.05) is 6.61 Å². The molecule has 0 amide bonds. The number of unbranched alkanes of at least 4 members (excludes halogenated alkanes) is 4. The van der Waals surface area contributed by atoms with Crippen LogP contribution in [0.25, 0.3) is 0 Å². The fourth-order valence-corrected chi connectivity index (χ4v) is 5.62. The van der Waals surface area contributed by atoms with Gasteiger partial charge in [-0.2, -0.15) is 5.26 Å². The number of hydrogen-bond acceptors (Lipinski definition) is 2. The van der Waals surface area contributed by atoms with Crippen LogP contribution in [0.2, 0.25) is 0 Å². The molecule has 0 aliphatic heterocycles. The van der Waals surface area contributed by atoms with Crippen molar-refractivity contribution < 1.29 is 5.11 Å². The predicted molar refractivity (Wildman–Crippen MR) is 105 cm³/mol. The fourth-order valence-electron chi connectivity index (χ4n) is 5.62. The molecular weight excluding hydrogens is 306 g/mol. The molecule has 1 atom stereocenters. The summed E-state index contributed by atoms with van der Waals surface area (Å²) in [5.41, 5.74) is 0. The van der Waals surface area contributed by atoms with Crippen molar-refractivity contribution in [3.63, 3.8) is 0 Å². The molecule has 2 saturated carbocycles. The lowest BCUT2D eigenvalue weighted by Gasteiger charge is -2.40. The van der Waals surface area contributed by atoms with Gasteiger partial charge in [-0.3, -0.25) is 0 Å². The van der Waals surface area contributed by atoms with Crippen LogP contribution in [0.3, 0.4) is 0 Å². The van der Waals surface area contributed by atoms with Crippen LogP contribution in [0.1, 0.15) is 103 Å². The lowest BCUT2D eigenvalue weighted by molar-refractivity contribution is 0.0918. The van der Waals surface area contributed by atoms with Gasteiger partial charge in [0.1, 0.15) is 0 Å². The smallest absolute Gasteiger partial charge is 0.0655 e. The van der Waals surface area contributed by atoms with E-state index in [0.29, 0.717) is 12.5 Å². The second-order valence-electron chi connectivity index (χ2n) is 8.90. The van der Waals surface area contributed by atoms with Gasteiger partial charge in [-0.05, 0) is 68.6 Å². The van der Waals surface area contributed by atoms with Gasteiger partial charge in [-0.15, -0.1) is 0 Å². The highest BCUT2D eigenvalue weighted by atomic mass is 16.3. The van der Waals surface area contributed by atoms with Crippen LogP contribution in [0.5, 0.6) is 0 Å². The van der Waals surface area contributed by atoms with Gasteiger partial charge < -0.3 is 5.11 Å². The summed E-state index contributed by atoms with van der Waals surface area (Å²) in [7, 11) is 0. The van der Waals surface area contributed by atoms with Gasteiger partial charge in [-0.1, -0.05) is 58.3 Å². The largest absolute Gasteiger partial charge is 0.396 e. The molecule has 0 aromatic rings. The Hall–Kier alpha value is -0.550. The lowest BCUT2D eigenvalue weighted by Crippen LogP contribution is -2.31. The molecule has 2 nitrogen and oxygen atoms in total. The summed E-state index contributed by atoms with van der Waals surface area (Å²) >= 11 is 0. The van der Waals surface area contributed by atoms with Crippen molar-refractivity contribution in [2.45, 2.75) is 103 Å². The number of aliphatic hydroxyl groups excluding tert-OH is 1. The molecule has 0 bridgehead atoms. The van der Waals surface area contributed by atoms with Crippen molar-refractivity contribution in [2.24, 2.45) is 29.6 Å². The maximum Gasteiger partial charge on any atom is 0.0655 e. The van der Waals surface area contributed by atoms with E-state index in [4.69, 9.17) is 5.26 Å². The van der Waals surface area contributed by atoms with E-state index in [0.717, 1.165) is 42.9 Å².